The number of nitrogens with zero attached hydrogens (tertiary/aromatic N) is 3. The summed E-state index contributed by atoms with van der Waals surface area (Å²) < 4.78 is 40.5. The van der Waals surface area contributed by atoms with E-state index in [1.54, 1.807) is 12.1 Å². The zero-order chi connectivity index (χ0) is 26.9. The van der Waals surface area contributed by atoms with Crippen molar-refractivity contribution < 1.29 is 12.8 Å². The molecule has 1 aliphatic carbocycles. The summed E-state index contributed by atoms with van der Waals surface area (Å²) in [6.07, 6.45) is 11.0. The van der Waals surface area contributed by atoms with E-state index in [1.807, 2.05) is 6.07 Å². The first-order chi connectivity index (χ1) is 18.2. The Morgan fingerprint density at radius 1 is 0.974 bits per heavy atom. The van der Waals surface area contributed by atoms with Crippen LogP contribution in [0.4, 0.5) is 4.39 Å². The van der Waals surface area contributed by atoms with E-state index in [9.17, 15) is 12.8 Å². The number of fused-ring (bicyclic) bond motifs is 1. The molecule has 6 nitrogen and oxygen atoms in total. The predicted octanol–water partition coefficient (Wildman–Crippen LogP) is 5.45. The van der Waals surface area contributed by atoms with Gasteiger partial charge in [-0.25, -0.2) is 17.9 Å². The molecule has 0 spiro atoms. The molecule has 1 aromatic heterocycles. The summed E-state index contributed by atoms with van der Waals surface area (Å²) in [5.41, 5.74) is 3.48. The number of hydrogen-bond donors (Lipinski definition) is 1. The molecule has 3 heterocycles. The third kappa shape index (κ3) is 6.45. The van der Waals surface area contributed by atoms with Gasteiger partial charge in [-0.3, -0.25) is 4.90 Å². The number of rotatable bonds is 9. The molecule has 2 aliphatic heterocycles. The second-order valence-electron chi connectivity index (χ2n) is 12.5. The van der Waals surface area contributed by atoms with Gasteiger partial charge < -0.3 is 9.47 Å². The molecule has 0 bridgehead atoms. The Morgan fingerprint density at radius 3 is 2.29 bits per heavy atom. The van der Waals surface area contributed by atoms with Crippen molar-refractivity contribution in [3.8, 4) is 0 Å². The fourth-order valence-corrected chi connectivity index (χ4v) is 8.07. The van der Waals surface area contributed by atoms with Crippen molar-refractivity contribution in [2.75, 3.05) is 31.9 Å². The summed E-state index contributed by atoms with van der Waals surface area (Å²) in [5.74, 6) is 1.43. The van der Waals surface area contributed by atoms with Crippen LogP contribution in [0.15, 0.2) is 18.2 Å². The van der Waals surface area contributed by atoms with E-state index in [2.05, 4.69) is 28.2 Å². The van der Waals surface area contributed by atoms with Crippen LogP contribution in [0.5, 0.6) is 0 Å². The Hall–Kier alpha value is -1.48. The molecule has 2 saturated heterocycles. The first-order valence-corrected chi connectivity index (χ1v) is 16.7. The van der Waals surface area contributed by atoms with Gasteiger partial charge in [0.2, 0.25) is 10.0 Å². The number of hydrogen-bond acceptors (Lipinski definition) is 4. The Bertz CT molecular complexity index is 1190. The molecule has 2 aromatic rings. The SMILES string of the molecule is CC(C)C1CCC(N2CCC(n3c(CCCS(N)(=O)=O)c(CN4CCCC4)c4cc(F)ccc43)CC2)CC1. The molecule has 3 fully saturated rings. The molecular weight excluding hydrogens is 499 g/mol. The van der Waals surface area contributed by atoms with E-state index in [-0.39, 0.29) is 11.6 Å². The molecule has 0 amide bonds. The molecule has 1 aromatic carbocycles. The van der Waals surface area contributed by atoms with Gasteiger partial charge in [0.05, 0.1) is 5.75 Å². The number of sulfonamides is 1. The summed E-state index contributed by atoms with van der Waals surface area (Å²) in [5, 5.41) is 6.36. The predicted molar refractivity (Wildman–Crippen MR) is 153 cm³/mol. The number of nitrogens with two attached hydrogens (primary N) is 1. The highest BCUT2D eigenvalue weighted by molar-refractivity contribution is 7.89. The van der Waals surface area contributed by atoms with Crippen molar-refractivity contribution in [2.24, 2.45) is 17.0 Å². The lowest BCUT2D eigenvalue weighted by molar-refractivity contribution is 0.0889. The minimum atomic E-state index is -3.52. The smallest absolute Gasteiger partial charge is 0.209 e. The van der Waals surface area contributed by atoms with Gasteiger partial charge in [0.15, 0.2) is 0 Å². The minimum absolute atomic E-state index is 0.0243. The lowest BCUT2D eigenvalue weighted by atomic mass is 9.79. The normalized spacial score (nSPS) is 24.7. The highest BCUT2D eigenvalue weighted by Crippen LogP contribution is 2.38. The Labute approximate surface area is 228 Å². The van der Waals surface area contributed by atoms with Crippen LogP contribution in [0.1, 0.15) is 88.9 Å². The van der Waals surface area contributed by atoms with Crippen LogP contribution >= 0.6 is 0 Å². The maximum Gasteiger partial charge on any atom is 0.209 e. The highest BCUT2D eigenvalue weighted by atomic mass is 32.2. The second kappa shape index (κ2) is 11.9. The molecule has 0 unspecified atom stereocenters. The Morgan fingerprint density at radius 2 is 1.66 bits per heavy atom. The molecular formula is C30H47FN4O2S. The van der Waals surface area contributed by atoms with Gasteiger partial charge in [-0.05, 0) is 113 Å². The van der Waals surface area contributed by atoms with Gasteiger partial charge >= 0.3 is 0 Å². The molecule has 38 heavy (non-hydrogen) atoms. The van der Waals surface area contributed by atoms with Crippen LogP contribution in [0.25, 0.3) is 10.9 Å². The van der Waals surface area contributed by atoms with Gasteiger partial charge in [0.1, 0.15) is 5.82 Å². The fraction of sp³-hybridized carbons (Fsp3) is 0.733. The fourth-order valence-electron chi connectivity index (χ4n) is 7.52. The number of primary sulfonamides is 1. The van der Waals surface area contributed by atoms with E-state index in [0.29, 0.717) is 24.9 Å². The minimum Gasteiger partial charge on any atom is -0.341 e. The first kappa shape index (κ1) is 28.1. The Kier molecular flexibility index (Phi) is 8.82. The van der Waals surface area contributed by atoms with E-state index in [4.69, 9.17) is 5.14 Å². The zero-order valence-electron chi connectivity index (χ0n) is 23.4. The van der Waals surface area contributed by atoms with Crippen molar-refractivity contribution in [1.29, 1.82) is 0 Å². The van der Waals surface area contributed by atoms with E-state index < -0.39 is 10.0 Å². The summed E-state index contributed by atoms with van der Waals surface area (Å²) in [4.78, 5) is 5.19. The quantitative estimate of drug-likeness (QED) is 0.454. The number of piperidine rings is 1. The second-order valence-corrected chi connectivity index (χ2v) is 14.2. The maximum atomic E-state index is 14.5. The monoisotopic (exact) mass is 546 g/mol. The van der Waals surface area contributed by atoms with Crippen molar-refractivity contribution in [3.05, 3.63) is 35.3 Å². The van der Waals surface area contributed by atoms with Crippen LogP contribution in [-0.2, 0) is 23.0 Å². The van der Waals surface area contributed by atoms with Crippen molar-refractivity contribution in [2.45, 2.75) is 96.7 Å². The zero-order valence-corrected chi connectivity index (χ0v) is 24.2. The largest absolute Gasteiger partial charge is 0.341 e. The molecule has 0 radical (unpaired) electrons. The molecule has 3 aliphatic rings. The van der Waals surface area contributed by atoms with Crippen LogP contribution in [0.3, 0.4) is 0 Å². The standard InChI is InChI=1S/C30H47FN4O2S/c1-22(2)23-7-10-25(11-8-23)34-17-13-26(14-18-34)35-29(6-5-19-38(32,36)37)28(21-33-15-3-4-16-33)27-20-24(31)9-12-30(27)35/h9,12,20,22-23,25-26H,3-8,10-11,13-19,21H2,1-2H3,(H2,32,36,37). The summed E-state index contributed by atoms with van der Waals surface area (Å²) >= 11 is 0. The average Bonchev–Trinajstić information content (AvgIpc) is 3.50. The van der Waals surface area contributed by atoms with Gasteiger partial charge in [-0.2, -0.15) is 0 Å². The molecule has 1 saturated carbocycles. The summed E-state index contributed by atoms with van der Waals surface area (Å²) in [6.45, 7) is 9.85. The van der Waals surface area contributed by atoms with E-state index in [0.717, 1.165) is 68.3 Å². The van der Waals surface area contributed by atoms with Gasteiger partial charge in [-0.15, -0.1) is 0 Å². The Balaban J connectivity index is 1.40. The lowest BCUT2D eigenvalue weighted by Crippen LogP contribution is -2.44. The van der Waals surface area contributed by atoms with Gasteiger partial charge in [-0.1, -0.05) is 13.8 Å². The molecule has 212 valence electrons. The topological polar surface area (TPSA) is 71.6 Å². The average molecular weight is 547 g/mol. The lowest BCUT2D eigenvalue weighted by Gasteiger charge is -2.42. The van der Waals surface area contributed by atoms with Crippen LogP contribution in [-0.4, -0.2) is 60.8 Å². The summed E-state index contributed by atoms with van der Waals surface area (Å²) in [6, 6.07) is 6.28. The van der Waals surface area contributed by atoms with E-state index >= 15 is 0 Å². The number of halogens is 1. The number of aromatic nitrogens is 1. The van der Waals surface area contributed by atoms with Gasteiger partial charge in [0, 0.05) is 48.3 Å². The van der Waals surface area contributed by atoms with Crippen molar-refractivity contribution in [3.63, 3.8) is 0 Å². The maximum absolute atomic E-state index is 14.5. The van der Waals surface area contributed by atoms with Crippen molar-refractivity contribution in [1.82, 2.24) is 14.4 Å². The first-order valence-electron chi connectivity index (χ1n) is 15.0. The molecule has 5 rings (SSSR count). The van der Waals surface area contributed by atoms with Crippen LogP contribution < -0.4 is 5.14 Å². The third-order valence-electron chi connectivity index (χ3n) is 9.67. The third-order valence-corrected chi connectivity index (χ3v) is 10.5. The van der Waals surface area contributed by atoms with Crippen LogP contribution in [0.2, 0.25) is 0 Å². The molecule has 2 N–H and O–H groups in total. The number of likely N-dealkylation sites (tertiary alicyclic amines) is 2. The van der Waals surface area contributed by atoms with Gasteiger partial charge in [0.25, 0.3) is 0 Å². The number of benzene rings is 1. The van der Waals surface area contributed by atoms with E-state index in [1.165, 1.54) is 49.8 Å². The van der Waals surface area contributed by atoms with Crippen LogP contribution in [0, 0.1) is 17.7 Å². The molecule has 8 heteroatoms. The molecule has 0 atom stereocenters. The highest BCUT2D eigenvalue weighted by Gasteiger charge is 2.32. The van der Waals surface area contributed by atoms with Crippen molar-refractivity contribution >= 4 is 20.9 Å². The summed E-state index contributed by atoms with van der Waals surface area (Å²) in [7, 11) is -3.52.